The molecule has 6 heteroatoms. The normalized spacial score (nSPS) is 15.1. The summed E-state index contributed by atoms with van der Waals surface area (Å²) in [6.45, 7) is 3.25. The zero-order valence-electron chi connectivity index (χ0n) is 11.4. The Morgan fingerprint density at radius 1 is 1.47 bits per heavy atom. The summed E-state index contributed by atoms with van der Waals surface area (Å²) >= 11 is 0. The Kier molecular flexibility index (Phi) is 4.79. The van der Waals surface area contributed by atoms with Gasteiger partial charge in [-0.3, -0.25) is 0 Å². The SMILES string of the molecule is CCCOc1ncnc(N(CCO)C2CCC2)c1N. The van der Waals surface area contributed by atoms with Crippen LogP contribution in [0.15, 0.2) is 6.33 Å². The lowest BCUT2D eigenvalue weighted by Crippen LogP contribution is -2.42. The van der Waals surface area contributed by atoms with E-state index >= 15 is 0 Å². The van der Waals surface area contributed by atoms with E-state index in [4.69, 9.17) is 10.5 Å². The highest BCUT2D eigenvalue weighted by atomic mass is 16.5. The van der Waals surface area contributed by atoms with Gasteiger partial charge < -0.3 is 20.5 Å². The van der Waals surface area contributed by atoms with Crippen molar-refractivity contribution in [3.8, 4) is 5.88 Å². The van der Waals surface area contributed by atoms with Crippen LogP contribution < -0.4 is 15.4 Å². The monoisotopic (exact) mass is 266 g/mol. The molecule has 106 valence electrons. The van der Waals surface area contributed by atoms with Gasteiger partial charge in [0.1, 0.15) is 12.0 Å². The van der Waals surface area contributed by atoms with Gasteiger partial charge in [0.05, 0.1) is 13.2 Å². The van der Waals surface area contributed by atoms with Crippen LogP contribution in [0.5, 0.6) is 5.88 Å². The van der Waals surface area contributed by atoms with Crippen molar-refractivity contribution in [2.75, 3.05) is 30.4 Å². The second-order valence-electron chi connectivity index (χ2n) is 4.77. The lowest BCUT2D eigenvalue weighted by molar-refractivity contribution is 0.282. The summed E-state index contributed by atoms with van der Waals surface area (Å²) in [6, 6.07) is 0.420. The minimum atomic E-state index is 0.0884. The fourth-order valence-electron chi connectivity index (χ4n) is 2.18. The van der Waals surface area contributed by atoms with Gasteiger partial charge in [-0.15, -0.1) is 0 Å². The van der Waals surface area contributed by atoms with Crippen LogP contribution in [0.2, 0.25) is 0 Å². The number of aliphatic hydroxyl groups is 1. The van der Waals surface area contributed by atoms with Gasteiger partial charge in [-0.2, -0.15) is 4.98 Å². The molecule has 1 aliphatic rings. The van der Waals surface area contributed by atoms with Crippen LogP contribution in [0, 0.1) is 0 Å². The molecule has 0 bridgehead atoms. The van der Waals surface area contributed by atoms with Gasteiger partial charge in [0.25, 0.3) is 0 Å². The molecule has 1 saturated carbocycles. The maximum Gasteiger partial charge on any atom is 0.242 e. The Balaban J connectivity index is 2.20. The average Bonchev–Trinajstić information content (AvgIpc) is 2.35. The molecule has 2 rings (SSSR count). The molecule has 0 aromatic carbocycles. The molecule has 0 radical (unpaired) electrons. The zero-order valence-corrected chi connectivity index (χ0v) is 11.4. The summed E-state index contributed by atoms with van der Waals surface area (Å²) in [5.41, 5.74) is 6.57. The van der Waals surface area contributed by atoms with Crippen molar-refractivity contribution in [3.05, 3.63) is 6.33 Å². The number of aliphatic hydroxyl groups excluding tert-OH is 1. The standard InChI is InChI=1S/C13H22N4O2/c1-2-8-19-13-11(14)12(15-9-16-13)17(6-7-18)10-4-3-5-10/h9-10,18H,2-8,14H2,1H3. The van der Waals surface area contributed by atoms with Gasteiger partial charge in [0, 0.05) is 12.6 Å². The number of hydrogen-bond acceptors (Lipinski definition) is 6. The van der Waals surface area contributed by atoms with E-state index in [1.165, 1.54) is 12.7 Å². The van der Waals surface area contributed by atoms with Crippen molar-refractivity contribution in [1.29, 1.82) is 0 Å². The third-order valence-electron chi connectivity index (χ3n) is 3.40. The van der Waals surface area contributed by atoms with Crippen LogP contribution in [0.25, 0.3) is 0 Å². The first kappa shape index (κ1) is 13.9. The van der Waals surface area contributed by atoms with Gasteiger partial charge in [-0.1, -0.05) is 6.92 Å². The van der Waals surface area contributed by atoms with E-state index < -0.39 is 0 Å². The topological polar surface area (TPSA) is 84.5 Å². The Bertz CT molecular complexity index is 410. The summed E-state index contributed by atoms with van der Waals surface area (Å²) in [4.78, 5) is 10.4. The van der Waals surface area contributed by atoms with Crippen LogP contribution >= 0.6 is 0 Å². The van der Waals surface area contributed by atoms with E-state index in [1.54, 1.807) is 0 Å². The first-order chi connectivity index (χ1) is 9.27. The maximum atomic E-state index is 9.21. The van der Waals surface area contributed by atoms with Gasteiger partial charge in [-0.05, 0) is 25.7 Å². The van der Waals surface area contributed by atoms with Gasteiger partial charge in [0.2, 0.25) is 5.88 Å². The van der Waals surface area contributed by atoms with Crippen LogP contribution in [-0.2, 0) is 0 Å². The Morgan fingerprint density at radius 3 is 2.84 bits per heavy atom. The molecule has 1 aromatic heterocycles. The molecule has 6 nitrogen and oxygen atoms in total. The van der Waals surface area contributed by atoms with E-state index in [0.29, 0.717) is 36.6 Å². The number of nitrogen functional groups attached to an aromatic ring is 1. The van der Waals surface area contributed by atoms with E-state index in [0.717, 1.165) is 19.3 Å². The van der Waals surface area contributed by atoms with E-state index in [1.807, 2.05) is 6.92 Å². The summed E-state index contributed by atoms with van der Waals surface area (Å²) in [6.07, 6.45) is 5.83. The fraction of sp³-hybridized carbons (Fsp3) is 0.692. The van der Waals surface area contributed by atoms with E-state index in [2.05, 4.69) is 14.9 Å². The minimum Gasteiger partial charge on any atom is -0.476 e. The highest BCUT2D eigenvalue weighted by Gasteiger charge is 2.28. The van der Waals surface area contributed by atoms with Crippen molar-refractivity contribution in [3.63, 3.8) is 0 Å². The smallest absolute Gasteiger partial charge is 0.242 e. The molecule has 1 heterocycles. The predicted molar refractivity (Wildman–Crippen MR) is 74.3 cm³/mol. The molecule has 1 fully saturated rings. The van der Waals surface area contributed by atoms with Crippen molar-refractivity contribution in [2.45, 2.75) is 38.6 Å². The molecule has 0 atom stereocenters. The van der Waals surface area contributed by atoms with Crippen molar-refractivity contribution < 1.29 is 9.84 Å². The number of aromatic nitrogens is 2. The fourth-order valence-corrected chi connectivity index (χ4v) is 2.18. The minimum absolute atomic E-state index is 0.0884. The molecule has 19 heavy (non-hydrogen) atoms. The van der Waals surface area contributed by atoms with Crippen LogP contribution in [-0.4, -0.2) is 40.9 Å². The Labute approximate surface area is 113 Å². The average molecular weight is 266 g/mol. The third-order valence-corrected chi connectivity index (χ3v) is 3.40. The highest BCUT2D eigenvalue weighted by Crippen LogP contribution is 2.34. The van der Waals surface area contributed by atoms with Crippen LogP contribution in [0.4, 0.5) is 11.5 Å². The molecule has 0 aliphatic heterocycles. The predicted octanol–water partition coefficient (Wildman–Crippen LogP) is 1.20. The molecule has 0 spiro atoms. The van der Waals surface area contributed by atoms with Gasteiger partial charge in [0.15, 0.2) is 5.82 Å². The summed E-state index contributed by atoms with van der Waals surface area (Å²) in [7, 11) is 0. The second-order valence-corrected chi connectivity index (χ2v) is 4.77. The maximum absolute atomic E-state index is 9.21. The quantitative estimate of drug-likeness (QED) is 0.771. The number of nitrogens with two attached hydrogens (primary N) is 1. The second kappa shape index (κ2) is 6.56. The summed E-state index contributed by atoms with van der Waals surface area (Å²) in [5, 5.41) is 9.21. The van der Waals surface area contributed by atoms with Crippen molar-refractivity contribution in [1.82, 2.24) is 9.97 Å². The number of nitrogens with zero attached hydrogens (tertiary/aromatic N) is 3. The molecular weight excluding hydrogens is 244 g/mol. The highest BCUT2D eigenvalue weighted by molar-refractivity contribution is 5.68. The van der Waals surface area contributed by atoms with Gasteiger partial charge >= 0.3 is 0 Å². The van der Waals surface area contributed by atoms with E-state index in [-0.39, 0.29) is 6.61 Å². The zero-order chi connectivity index (χ0) is 13.7. The lowest BCUT2D eigenvalue weighted by Gasteiger charge is -2.38. The first-order valence-electron chi connectivity index (χ1n) is 6.88. The Morgan fingerprint density at radius 2 is 2.26 bits per heavy atom. The van der Waals surface area contributed by atoms with Crippen LogP contribution in [0.3, 0.4) is 0 Å². The van der Waals surface area contributed by atoms with Crippen molar-refractivity contribution >= 4 is 11.5 Å². The molecular formula is C13H22N4O2. The summed E-state index contributed by atoms with van der Waals surface area (Å²) in [5.74, 6) is 1.12. The van der Waals surface area contributed by atoms with Crippen LogP contribution in [0.1, 0.15) is 32.6 Å². The molecule has 0 saturated heterocycles. The molecule has 3 N–H and O–H groups in total. The first-order valence-corrected chi connectivity index (χ1v) is 6.88. The number of ether oxygens (including phenoxy) is 1. The lowest BCUT2D eigenvalue weighted by atomic mass is 9.91. The Hall–Kier alpha value is -1.56. The number of rotatable bonds is 7. The molecule has 0 unspecified atom stereocenters. The van der Waals surface area contributed by atoms with Gasteiger partial charge in [-0.25, -0.2) is 4.98 Å². The van der Waals surface area contributed by atoms with E-state index in [9.17, 15) is 5.11 Å². The molecule has 1 aliphatic carbocycles. The van der Waals surface area contributed by atoms with Crippen molar-refractivity contribution in [2.24, 2.45) is 0 Å². The summed E-state index contributed by atoms with van der Waals surface area (Å²) < 4.78 is 5.52. The third kappa shape index (κ3) is 3.07. The number of hydrogen-bond donors (Lipinski definition) is 2. The molecule has 0 amide bonds. The largest absolute Gasteiger partial charge is 0.476 e. The number of anilines is 2. The molecule has 1 aromatic rings.